The van der Waals surface area contributed by atoms with Crippen LogP contribution < -0.4 is 5.32 Å². The zero-order valence-electron chi connectivity index (χ0n) is 14.2. The number of esters is 1. The largest absolute Gasteiger partial charge is 0.466 e. The van der Waals surface area contributed by atoms with Gasteiger partial charge >= 0.3 is 5.97 Å². The predicted octanol–water partition coefficient (Wildman–Crippen LogP) is 0.649. The molecule has 0 saturated carbocycles. The number of likely N-dealkylation sites (tertiary alicyclic amines) is 1. The van der Waals surface area contributed by atoms with E-state index in [0.717, 1.165) is 37.7 Å². The van der Waals surface area contributed by atoms with Crippen LogP contribution in [0.3, 0.4) is 0 Å². The van der Waals surface area contributed by atoms with Crippen molar-refractivity contribution in [1.29, 1.82) is 0 Å². The van der Waals surface area contributed by atoms with Crippen LogP contribution in [-0.4, -0.2) is 58.3 Å². The zero-order chi connectivity index (χ0) is 16.7. The first kappa shape index (κ1) is 17.2. The second-order valence-electron chi connectivity index (χ2n) is 5.47. The number of aryl methyl sites for hydroxylation is 1. The summed E-state index contributed by atoms with van der Waals surface area (Å²) >= 11 is 0. The van der Waals surface area contributed by atoms with Crippen LogP contribution in [0.25, 0.3) is 0 Å². The molecule has 1 N–H and O–H groups in total. The van der Waals surface area contributed by atoms with Crippen molar-refractivity contribution in [2.24, 2.45) is 10.9 Å². The SMILES string of the molecule is CCOC(=O)C1CCCN(C(=NC)NCc2nncn2CC)C1. The molecule has 8 nitrogen and oxygen atoms in total. The fourth-order valence-electron chi connectivity index (χ4n) is 2.79. The van der Waals surface area contributed by atoms with Gasteiger partial charge in [-0.2, -0.15) is 0 Å². The third-order valence-electron chi connectivity index (χ3n) is 3.99. The van der Waals surface area contributed by atoms with Crippen LogP contribution in [0, 0.1) is 5.92 Å². The van der Waals surface area contributed by atoms with Gasteiger partial charge in [-0.3, -0.25) is 9.79 Å². The quantitative estimate of drug-likeness (QED) is 0.487. The van der Waals surface area contributed by atoms with Gasteiger partial charge in [0.25, 0.3) is 0 Å². The van der Waals surface area contributed by atoms with Gasteiger partial charge in [-0.05, 0) is 26.7 Å². The van der Waals surface area contributed by atoms with Crippen molar-refractivity contribution in [2.45, 2.75) is 39.8 Å². The summed E-state index contributed by atoms with van der Waals surface area (Å²) in [5.74, 6) is 1.46. The first-order chi connectivity index (χ1) is 11.2. The van der Waals surface area contributed by atoms with E-state index >= 15 is 0 Å². The Balaban J connectivity index is 1.93. The number of aliphatic imine (C=N–C) groups is 1. The van der Waals surface area contributed by atoms with Crippen molar-refractivity contribution in [3.8, 4) is 0 Å². The van der Waals surface area contributed by atoms with Gasteiger partial charge in [0, 0.05) is 26.7 Å². The van der Waals surface area contributed by atoms with Crippen LogP contribution in [0.5, 0.6) is 0 Å². The Kier molecular flexibility index (Phi) is 6.37. The van der Waals surface area contributed by atoms with E-state index in [2.05, 4.69) is 32.3 Å². The first-order valence-corrected chi connectivity index (χ1v) is 8.18. The lowest BCUT2D eigenvalue weighted by Crippen LogP contribution is -2.48. The number of rotatable bonds is 5. The Morgan fingerprint density at radius 2 is 2.35 bits per heavy atom. The number of carbonyl (C=O) groups excluding carboxylic acids is 1. The summed E-state index contributed by atoms with van der Waals surface area (Å²) in [6.45, 7) is 7.22. The Labute approximate surface area is 136 Å². The minimum Gasteiger partial charge on any atom is -0.466 e. The van der Waals surface area contributed by atoms with Crippen LogP contribution in [-0.2, 0) is 22.6 Å². The van der Waals surface area contributed by atoms with Crippen LogP contribution in [0.2, 0.25) is 0 Å². The third kappa shape index (κ3) is 4.43. The Bertz CT molecular complexity index is 542. The molecule has 1 fully saturated rings. The van der Waals surface area contributed by atoms with Crippen molar-refractivity contribution in [2.75, 3.05) is 26.7 Å². The summed E-state index contributed by atoms with van der Waals surface area (Å²) in [6, 6.07) is 0. The molecule has 1 aromatic heterocycles. The summed E-state index contributed by atoms with van der Waals surface area (Å²) < 4.78 is 7.13. The lowest BCUT2D eigenvalue weighted by molar-refractivity contribution is -0.149. The van der Waals surface area contributed by atoms with E-state index < -0.39 is 0 Å². The molecule has 0 amide bonds. The third-order valence-corrected chi connectivity index (χ3v) is 3.99. The number of aromatic nitrogens is 3. The van der Waals surface area contributed by atoms with Crippen molar-refractivity contribution < 1.29 is 9.53 Å². The predicted molar refractivity (Wildman–Crippen MR) is 86.8 cm³/mol. The van der Waals surface area contributed by atoms with Gasteiger partial charge in [-0.25, -0.2) is 0 Å². The lowest BCUT2D eigenvalue weighted by atomic mass is 9.98. The molecule has 0 radical (unpaired) electrons. The van der Waals surface area contributed by atoms with Gasteiger partial charge < -0.3 is 19.5 Å². The number of nitrogens with zero attached hydrogens (tertiary/aromatic N) is 5. The zero-order valence-corrected chi connectivity index (χ0v) is 14.2. The average molecular weight is 322 g/mol. The molecule has 1 saturated heterocycles. The van der Waals surface area contributed by atoms with E-state index in [9.17, 15) is 4.79 Å². The van der Waals surface area contributed by atoms with Crippen molar-refractivity contribution >= 4 is 11.9 Å². The molecule has 0 bridgehead atoms. The molecular formula is C15H26N6O2. The normalized spacial score (nSPS) is 18.8. The average Bonchev–Trinajstić information content (AvgIpc) is 3.03. The summed E-state index contributed by atoms with van der Waals surface area (Å²) in [6.07, 6.45) is 3.54. The highest BCUT2D eigenvalue weighted by atomic mass is 16.5. The number of ether oxygens (including phenoxy) is 1. The van der Waals surface area contributed by atoms with Crippen molar-refractivity contribution in [3.63, 3.8) is 0 Å². The van der Waals surface area contributed by atoms with Crippen LogP contribution in [0.1, 0.15) is 32.5 Å². The fraction of sp³-hybridized carbons (Fsp3) is 0.733. The molecule has 0 aliphatic carbocycles. The number of guanidine groups is 1. The molecule has 1 aliphatic rings. The van der Waals surface area contributed by atoms with Crippen molar-refractivity contribution in [1.82, 2.24) is 25.0 Å². The highest BCUT2D eigenvalue weighted by molar-refractivity contribution is 5.81. The second kappa shape index (κ2) is 8.50. The highest BCUT2D eigenvalue weighted by Crippen LogP contribution is 2.18. The Hall–Kier alpha value is -2.12. The maximum absolute atomic E-state index is 12.0. The number of hydrogen-bond donors (Lipinski definition) is 1. The van der Waals surface area contributed by atoms with Crippen molar-refractivity contribution in [3.05, 3.63) is 12.2 Å². The number of piperidine rings is 1. The van der Waals surface area contributed by atoms with E-state index in [-0.39, 0.29) is 11.9 Å². The number of nitrogens with one attached hydrogen (secondary N) is 1. The molecule has 2 rings (SSSR count). The summed E-state index contributed by atoms with van der Waals surface area (Å²) in [4.78, 5) is 18.4. The smallest absolute Gasteiger partial charge is 0.310 e. The highest BCUT2D eigenvalue weighted by Gasteiger charge is 2.28. The molecule has 1 atom stereocenters. The topological polar surface area (TPSA) is 84.6 Å². The van der Waals surface area contributed by atoms with Gasteiger partial charge in [0.15, 0.2) is 11.8 Å². The van der Waals surface area contributed by atoms with Gasteiger partial charge in [-0.15, -0.1) is 10.2 Å². The van der Waals surface area contributed by atoms with Crippen LogP contribution in [0.4, 0.5) is 0 Å². The van der Waals surface area contributed by atoms with E-state index in [1.54, 1.807) is 13.4 Å². The minimum atomic E-state index is -0.113. The van der Waals surface area contributed by atoms with Crippen LogP contribution >= 0.6 is 0 Å². The van der Waals surface area contributed by atoms with E-state index in [0.29, 0.717) is 19.7 Å². The molecule has 128 valence electrons. The molecule has 1 aromatic rings. The maximum Gasteiger partial charge on any atom is 0.310 e. The van der Waals surface area contributed by atoms with Gasteiger partial charge in [0.2, 0.25) is 0 Å². The first-order valence-electron chi connectivity index (χ1n) is 8.18. The van der Waals surface area contributed by atoms with Gasteiger partial charge in [-0.1, -0.05) is 0 Å². The molecular weight excluding hydrogens is 296 g/mol. The van der Waals surface area contributed by atoms with E-state index in [4.69, 9.17) is 4.74 Å². The molecule has 1 aliphatic heterocycles. The fourth-order valence-corrected chi connectivity index (χ4v) is 2.79. The molecule has 0 spiro atoms. The Morgan fingerprint density at radius 1 is 1.52 bits per heavy atom. The summed E-state index contributed by atoms with van der Waals surface area (Å²) in [7, 11) is 1.75. The number of hydrogen-bond acceptors (Lipinski definition) is 5. The molecule has 23 heavy (non-hydrogen) atoms. The van der Waals surface area contributed by atoms with Gasteiger partial charge in [0.05, 0.1) is 19.1 Å². The van der Waals surface area contributed by atoms with Gasteiger partial charge in [0.1, 0.15) is 6.33 Å². The molecule has 2 heterocycles. The lowest BCUT2D eigenvalue weighted by Gasteiger charge is -2.33. The minimum absolute atomic E-state index is 0.0819. The second-order valence-corrected chi connectivity index (χ2v) is 5.47. The molecule has 0 aromatic carbocycles. The van der Waals surface area contributed by atoms with Crippen LogP contribution in [0.15, 0.2) is 11.3 Å². The maximum atomic E-state index is 12.0. The standard InChI is InChI=1S/C15H26N6O2/c1-4-20-11-18-19-13(20)9-17-15(16-3)21-8-6-7-12(10-21)14(22)23-5-2/h11-12H,4-10H2,1-3H3,(H,16,17). The monoisotopic (exact) mass is 322 g/mol. The molecule has 8 heteroatoms. The van der Waals surface area contributed by atoms with E-state index in [1.807, 2.05) is 11.5 Å². The summed E-state index contributed by atoms with van der Waals surface area (Å²) in [5.41, 5.74) is 0. The Morgan fingerprint density at radius 3 is 3.04 bits per heavy atom. The number of carbonyl (C=O) groups is 1. The summed E-state index contributed by atoms with van der Waals surface area (Å²) in [5, 5.41) is 11.3. The van der Waals surface area contributed by atoms with E-state index in [1.165, 1.54) is 0 Å². The molecule has 1 unspecified atom stereocenters.